The van der Waals surface area contributed by atoms with Crippen molar-refractivity contribution in [2.75, 3.05) is 13.2 Å². The fourth-order valence-corrected chi connectivity index (χ4v) is 4.01. The third-order valence-corrected chi connectivity index (χ3v) is 6.08. The van der Waals surface area contributed by atoms with Crippen molar-refractivity contribution in [1.82, 2.24) is 0 Å². The molecule has 0 aromatic carbocycles. The number of rotatable bonds is 6. The van der Waals surface area contributed by atoms with E-state index in [1.807, 2.05) is 0 Å². The Labute approximate surface area is 230 Å². The Balaban J connectivity index is 0.00000408. The van der Waals surface area contributed by atoms with Crippen molar-refractivity contribution in [3.05, 3.63) is 5.73 Å². The van der Waals surface area contributed by atoms with Crippen LogP contribution in [0.15, 0.2) is 0 Å². The van der Waals surface area contributed by atoms with Gasteiger partial charge in [0, 0.05) is 44.1 Å². The van der Waals surface area contributed by atoms with Gasteiger partial charge in [-0.25, -0.2) is 0 Å². The van der Waals surface area contributed by atoms with Crippen LogP contribution in [0.5, 0.6) is 0 Å². The molecule has 0 aliphatic carbocycles. The minimum absolute atomic E-state index is 0. The second-order valence-electron chi connectivity index (χ2n) is 8.35. The summed E-state index contributed by atoms with van der Waals surface area (Å²) in [6.45, 7) is -0.0620. The van der Waals surface area contributed by atoms with Crippen LogP contribution in [0.1, 0.15) is 6.92 Å². The van der Waals surface area contributed by atoms with Crippen molar-refractivity contribution in [2.45, 2.75) is 99.0 Å². The third kappa shape index (κ3) is 6.28. The Hall–Kier alpha value is 0.842. The number of ether oxygens (including phenoxy) is 5. The van der Waals surface area contributed by atoms with Gasteiger partial charge >= 0.3 is 0 Å². The van der Waals surface area contributed by atoms with E-state index in [2.05, 4.69) is 0 Å². The van der Waals surface area contributed by atoms with Crippen LogP contribution in [0.2, 0.25) is 0 Å². The monoisotopic (exact) mass is 713 g/mol. The molecule has 3 aliphatic rings. The molecule has 0 saturated carbocycles. The van der Waals surface area contributed by atoms with E-state index in [4.69, 9.17) is 29.4 Å². The first-order valence-corrected chi connectivity index (χ1v) is 10.5. The van der Waals surface area contributed by atoms with Crippen LogP contribution in [-0.4, -0.2) is 151 Å². The normalized spacial score (nSPS) is 52.1. The van der Waals surface area contributed by atoms with Crippen molar-refractivity contribution in [2.24, 2.45) is 0 Å². The van der Waals surface area contributed by atoms with E-state index in [0.29, 0.717) is 0 Å². The van der Waals surface area contributed by atoms with Crippen LogP contribution in [0.25, 0.3) is 5.73 Å². The fourth-order valence-electron chi connectivity index (χ4n) is 4.01. The number of hydrogen-bond acceptors (Lipinski definition) is 14. The average molecular weight is 713 g/mol. The Morgan fingerprint density at radius 1 is 0.647 bits per heavy atom. The zero-order chi connectivity index (χ0) is 24.6. The molecule has 3 rings (SSSR count). The SMILES string of the molecule is CC1OC(O[C@H]2C(CO)OC(O)C([NH-])C2O[C@@H]2OC(CO)[C@H](O)C(O)C2O)C(O)C(O)[C@@H]1O.[Ac]. The Morgan fingerprint density at radius 2 is 1.15 bits per heavy atom. The van der Waals surface area contributed by atoms with E-state index in [-0.39, 0.29) is 44.1 Å². The van der Waals surface area contributed by atoms with Gasteiger partial charge in [-0.2, -0.15) is 0 Å². The predicted molar refractivity (Wildman–Crippen MR) is 102 cm³/mol. The Bertz CT molecular complexity index is 635. The molecule has 3 saturated heterocycles. The van der Waals surface area contributed by atoms with Gasteiger partial charge in [0.15, 0.2) is 12.6 Å². The average Bonchev–Trinajstić information content (AvgIpc) is 2.80. The zero-order valence-electron chi connectivity index (χ0n) is 18.2. The van der Waals surface area contributed by atoms with Gasteiger partial charge in [-0.3, -0.25) is 0 Å². The van der Waals surface area contributed by atoms with E-state index >= 15 is 0 Å². The summed E-state index contributed by atoms with van der Waals surface area (Å²) in [5.74, 6) is 0. The maximum Gasteiger partial charge on any atom is 0.187 e. The molecule has 0 aromatic rings. The van der Waals surface area contributed by atoms with Gasteiger partial charge in [0.25, 0.3) is 0 Å². The summed E-state index contributed by atoms with van der Waals surface area (Å²) in [7, 11) is 0. The summed E-state index contributed by atoms with van der Waals surface area (Å²) in [4.78, 5) is 0. The van der Waals surface area contributed by atoms with E-state index in [1.165, 1.54) is 6.92 Å². The van der Waals surface area contributed by atoms with Crippen LogP contribution < -0.4 is 0 Å². The molecule has 197 valence electrons. The minimum Gasteiger partial charge on any atom is -0.668 e. The van der Waals surface area contributed by atoms with E-state index in [0.717, 1.165) is 0 Å². The summed E-state index contributed by atoms with van der Waals surface area (Å²) in [5.41, 5.74) is 8.23. The molecule has 0 spiro atoms. The van der Waals surface area contributed by atoms with Crippen LogP contribution in [-0.2, 0) is 23.7 Å². The van der Waals surface area contributed by atoms with E-state index < -0.39 is 105 Å². The van der Waals surface area contributed by atoms with E-state index in [9.17, 15) is 46.0 Å². The molecule has 0 aromatic heterocycles. The maximum absolute atomic E-state index is 10.3. The first-order chi connectivity index (χ1) is 15.5. The summed E-state index contributed by atoms with van der Waals surface area (Å²) >= 11 is 0. The van der Waals surface area contributed by atoms with Gasteiger partial charge in [0.1, 0.15) is 61.2 Å². The van der Waals surface area contributed by atoms with Crippen molar-refractivity contribution < 1.29 is 114 Å². The number of aliphatic hydroxyl groups excluding tert-OH is 9. The molecule has 34 heavy (non-hydrogen) atoms. The molecule has 15 nitrogen and oxygen atoms in total. The first-order valence-electron chi connectivity index (χ1n) is 10.5. The molecule has 1 radical (unpaired) electrons. The molecule has 11 unspecified atom stereocenters. The molecule has 3 aliphatic heterocycles. The summed E-state index contributed by atoms with van der Waals surface area (Å²) in [6.07, 6.45) is -21.7. The molecule has 10 N–H and O–H groups in total. The van der Waals surface area contributed by atoms with E-state index in [1.54, 1.807) is 0 Å². The van der Waals surface area contributed by atoms with Gasteiger partial charge in [0.05, 0.1) is 25.4 Å². The number of nitrogens with one attached hydrogen (secondary N) is 1. The summed E-state index contributed by atoms with van der Waals surface area (Å²) < 4.78 is 27.1. The molecule has 3 heterocycles. The van der Waals surface area contributed by atoms with Gasteiger partial charge in [-0.15, -0.1) is 0 Å². The van der Waals surface area contributed by atoms with Crippen LogP contribution in [0.3, 0.4) is 0 Å². The maximum atomic E-state index is 10.3. The van der Waals surface area contributed by atoms with Gasteiger partial charge < -0.3 is 75.4 Å². The smallest absolute Gasteiger partial charge is 0.187 e. The number of hydrogen-bond donors (Lipinski definition) is 9. The van der Waals surface area contributed by atoms with Gasteiger partial charge in [-0.05, 0) is 6.92 Å². The molecule has 0 amide bonds. The molecule has 15 atom stereocenters. The van der Waals surface area contributed by atoms with Crippen LogP contribution in [0, 0.1) is 44.1 Å². The van der Waals surface area contributed by atoms with Gasteiger partial charge in [0.2, 0.25) is 0 Å². The largest absolute Gasteiger partial charge is 0.668 e. The quantitative estimate of drug-likeness (QED) is 0.125. The topological polar surface area (TPSA) is 252 Å². The molecule has 3 fully saturated rings. The second-order valence-corrected chi connectivity index (χ2v) is 8.35. The predicted octanol–water partition coefficient (Wildman–Crippen LogP) is -5.49. The van der Waals surface area contributed by atoms with Gasteiger partial charge in [-0.1, -0.05) is 6.04 Å². The van der Waals surface area contributed by atoms with Crippen molar-refractivity contribution >= 4 is 0 Å². The molecule has 16 heteroatoms. The molecular weight excluding hydrogens is 681 g/mol. The molecule has 0 bridgehead atoms. The summed E-state index contributed by atoms with van der Waals surface area (Å²) in [5, 5.41) is 89.5. The Kier molecular flexibility index (Phi) is 11.9. The van der Waals surface area contributed by atoms with Crippen molar-refractivity contribution in [3.8, 4) is 0 Å². The standard InChI is InChI=1S/C18H32NO14.Ac/c1-4-8(22)10(24)12(26)17(29-4)32-14-6(3-21)30-16(28)7(19)15(14)33-18-13(27)11(25)9(23)5(2-20)31-18;/h4-28H,2-3H2,1H3;/q-1;/t4?,5?,6?,7?,8-,9+,10?,11?,12?,13?,14+,15?,16?,17?,18+;/m1./s1. The van der Waals surface area contributed by atoms with Crippen LogP contribution in [0.4, 0.5) is 0 Å². The van der Waals surface area contributed by atoms with Crippen molar-refractivity contribution in [1.29, 1.82) is 0 Å². The van der Waals surface area contributed by atoms with Crippen LogP contribution >= 0.6 is 0 Å². The third-order valence-electron chi connectivity index (χ3n) is 6.08. The minimum atomic E-state index is -1.82. The molecular formula is C18H32AcNO14-. The fraction of sp³-hybridized carbons (Fsp3) is 1.00. The second kappa shape index (κ2) is 13.1. The zero-order valence-corrected chi connectivity index (χ0v) is 23.0. The summed E-state index contributed by atoms with van der Waals surface area (Å²) in [6, 6.07) is -1.61. The number of aliphatic hydroxyl groups is 9. The Morgan fingerprint density at radius 3 is 1.71 bits per heavy atom. The first kappa shape index (κ1) is 31.1. The van der Waals surface area contributed by atoms with Crippen molar-refractivity contribution in [3.63, 3.8) is 0 Å².